The molecule has 0 aliphatic carbocycles. The summed E-state index contributed by atoms with van der Waals surface area (Å²) in [5, 5.41) is 0. The molecule has 1 atom stereocenters. The maximum absolute atomic E-state index is 12.1. The third-order valence-electron chi connectivity index (χ3n) is 5.16. The van der Waals surface area contributed by atoms with Gasteiger partial charge in [0.1, 0.15) is 6.61 Å². The second kappa shape index (κ2) is 5.05. The second-order valence-electron chi connectivity index (χ2n) is 6.23. The van der Waals surface area contributed by atoms with Crippen molar-refractivity contribution in [3.05, 3.63) is 33.4 Å². The molecule has 0 aromatic heterocycles. The first-order valence-electron chi connectivity index (χ1n) is 7.75. The molecule has 3 aliphatic rings. The van der Waals surface area contributed by atoms with Crippen molar-refractivity contribution in [1.29, 1.82) is 0 Å². The first-order valence-corrected chi connectivity index (χ1v) is 7.75. The number of hydrogen-bond acceptors (Lipinski definition) is 5. The molecule has 22 heavy (non-hydrogen) atoms. The van der Waals surface area contributed by atoms with Gasteiger partial charge in [0, 0.05) is 32.1 Å². The molecule has 4 rings (SSSR count). The fourth-order valence-electron chi connectivity index (χ4n) is 3.88. The lowest BCUT2D eigenvalue weighted by Crippen LogP contribution is -2.41. The number of cyclic esters (lactones) is 1. The monoisotopic (exact) mass is 304 g/mol. The molecule has 2 bridgehead atoms. The first kappa shape index (κ1) is 14.2. The average molecular weight is 304 g/mol. The summed E-state index contributed by atoms with van der Waals surface area (Å²) >= 11 is 0. The van der Waals surface area contributed by atoms with Crippen LogP contribution >= 0.6 is 0 Å². The van der Waals surface area contributed by atoms with Crippen LogP contribution in [0.4, 0.5) is 0 Å². The summed E-state index contributed by atoms with van der Waals surface area (Å²) in [6.45, 7) is 4.02. The van der Waals surface area contributed by atoms with Crippen LogP contribution in [-0.2, 0) is 45.2 Å². The van der Waals surface area contributed by atoms with Crippen LogP contribution in [0.5, 0.6) is 0 Å². The van der Waals surface area contributed by atoms with Gasteiger partial charge in [-0.2, -0.15) is 0 Å². The molecule has 5 heteroatoms. The summed E-state index contributed by atoms with van der Waals surface area (Å²) in [5.41, 5.74) is 6.13. The quantitative estimate of drug-likeness (QED) is 0.746. The van der Waals surface area contributed by atoms with Crippen LogP contribution in [0.25, 0.3) is 0 Å². The van der Waals surface area contributed by atoms with Gasteiger partial charge in [0.05, 0.1) is 18.8 Å². The van der Waals surface area contributed by atoms with Gasteiger partial charge in [-0.15, -0.1) is 0 Å². The van der Waals surface area contributed by atoms with Crippen molar-refractivity contribution in [2.45, 2.75) is 51.8 Å². The Morgan fingerprint density at radius 2 is 1.95 bits per heavy atom. The van der Waals surface area contributed by atoms with Gasteiger partial charge in [-0.3, -0.25) is 0 Å². The Hall–Kier alpha value is -1.43. The zero-order chi connectivity index (χ0) is 15.3. The molecule has 1 unspecified atom stereocenters. The van der Waals surface area contributed by atoms with Crippen LogP contribution in [0.15, 0.2) is 0 Å². The lowest BCUT2D eigenvalue weighted by Gasteiger charge is -2.38. The zero-order valence-corrected chi connectivity index (χ0v) is 13.0. The number of ether oxygens (including phenoxy) is 4. The van der Waals surface area contributed by atoms with Crippen molar-refractivity contribution in [1.82, 2.24) is 0 Å². The van der Waals surface area contributed by atoms with Crippen LogP contribution in [0.2, 0.25) is 0 Å². The molecule has 0 radical (unpaired) electrons. The van der Waals surface area contributed by atoms with E-state index in [1.165, 1.54) is 5.56 Å². The van der Waals surface area contributed by atoms with Crippen molar-refractivity contribution in [3.8, 4) is 0 Å². The van der Waals surface area contributed by atoms with E-state index in [1.807, 2.05) is 6.92 Å². The van der Waals surface area contributed by atoms with Gasteiger partial charge in [0.25, 0.3) is 0 Å². The topological polar surface area (TPSA) is 54.0 Å². The summed E-state index contributed by atoms with van der Waals surface area (Å²) < 4.78 is 22.9. The Morgan fingerprint density at radius 1 is 1.09 bits per heavy atom. The molecule has 0 amide bonds. The number of carbonyl (C=O) groups excluding carboxylic acids is 1. The van der Waals surface area contributed by atoms with Gasteiger partial charge in [-0.1, -0.05) is 0 Å². The highest BCUT2D eigenvalue weighted by Gasteiger charge is 2.41. The smallest absolute Gasteiger partial charge is 0.339 e. The van der Waals surface area contributed by atoms with Crippen LogP contribution in [-0.4, -0.2) is 25.5 Å². The van der Waals surface area contributed by atoms with Crippen molar-refractivity contribution in [3.63, 3.8) is 0 Å². The van der Waals surface area contributed by atoms with Crippen LogP contribution in [0, 0.1) is 6.92 Å². The highest BCUT2D eigenvalue weighted by Crippen LogP contribution is 2.41. The van der Waals surface area contributed by atoms with Gasteiger partial charge in [0.2, 0.25) is 0 Å². The average Bonchev–Trinajstić information content (AvgIpc) is 2.94. The third-order valence-corrected chi connectivity index (χ3v) is 5.16. The molecule has 1 aromatic carbocycles. The number of carbonyl (C=O) groups is 1. The van der Waals surface area contributed by atoms with E-state index in [1.54, 1.807) is 7.11 Å². The van der Waals surface area contributed by atoms with Gasteiger partial charge < -0.3 is 18.9 Å². The van der Waals surface area contributed by atoms with E-state index in [4.69, 9.17) is 18.9 Å². The van der Waals surface area contributed by atoms with Gasteiger partial charge in [-0.25, -0.2) is 4.79 Å². The van der Waals surface area contributed by atoms with Crippen molar-refractivity contribution < 1.29 is 23.7 Å². The van der Waals surface area contributed by atoms with E-state index in [-0.39, 0.29) is 5.97 Å². The normalized spacial score (nSPS) is 26.7. The standard InChI is InChI=1S/C17H20O5/c1-10-12-7-20-5-3-4-17(19-2)6-11(12)13(9-22-17)14-8-21-16(18)15(10)14/h3-9H2,1-2H3. The molecule has 5 nitrogen and oxygen atoms in total. The van der Waals surface area contributed by atoms with E-state index < -0.39 is 5.79 Å². The largest absolute Gasteiger partial charge is 0.457 e. The molecule has 0 fully saturated rings. The van der Waals surface area contributed by atoms with Gasteiger partial charge in [-0.05, 0) is 35.6 Å². The molecule has 1 aromatic rings. The molecule has 0 spiro atoms. The SMILES string of the molecule is COC12CCCOCc3c(C)c4c(c(c3C1)CO2)COC4=O. The summed E-state index contributed by atoms with van der Waals surface area (Å²) in [6, 6.07) is 0. The predicted octanol–water partition coefficient (Wildman–Crippen LogP) is 2.39. The third kappa shape index (κ3) is 1.93. The Bertz CT molecular complexity index is 651. The summed E-state index contributed by atoms with van der Waals surface area (Å²) in [4.78, 5) is 12.1. The maximum atomic E-state index is 12.1. The molecule has 0 saturated heterocycles. The Labute approximate surface area is 129 Å². The highest BCUT2D eigenvalue weighted by atomic mass is 16.7. The van der Waals surface area contributed by atoms with Crippen LogP contribution in [0.1, 0.15) is 51.0 Å². The number of methoxy groups -OCH3 is 1. The number of hydrogen-bond donors (Lipinski definition) is 0. The molecular weight excluding hydrogens is 284 g/mol. The summed E-state index contributed by atoms with van der Waals surface area (Å²) in [5.74, 6) is -0.797. The lowest BCUT2D eigenvalue weighted by atomic mass is 9.83. The fourth-order valence-corrected chi connectivity index (χ4v) is 3.88. The van der Waals surface area contributed by atoms with E-state index in [0.29, 0.717) is 38.4 Å². The van der Waals surface area contributed by atoms with Crippen LogP contribution in [0.3, 0.4) is 0 Å². The van der Waals surface area contributed by atoms with E-state index in [9.17, 15) is 4.79 Å². The lowest BCUT2D eigenvalue weighted by molar-refractivity contribution is -0.240. The number of fused-ring (bicyclic) bond motifs is 3. The van der Waals surface area contributed by atoms with Crippen molar-refractivity contribution in [2.24, 2.45) is 0 Å². The molecule has 0 saturated carbocycles. The fraction of sp³-hybridized carbons (Fsp3) is 0.588. The predicted molar refractivity (Wildman–Crippen MR) is 77.4 cm³/mol. The zero-order valence-electron chi connectivity index (χ0n) is 13.0. The van der Waals surface area contributed by atoms with Gasteiger partial charge >= 0.3 is 5.97 Å². The minimum absolute atomic E-state index is 0.227. The Kier molecular flexibility index (Phi) is 3.25. The van der Waals surface area contributed by atoms with Crippen molar-refractivity contribution >= 4 is 5.97 Å². The van der Waals surface area contributed by atoms with Crippen molar-refractivity contribution in [2.75, 3.05) is 13.7 Å². The second-order valence-corrected chi connectivity index (χ2v) is 6.23. The minimum atomic E-state index is -0.570. The van der Waals surface area contributed by atoms with Gasteiger partial charge in [0.15, 0.2) is 5.79 Å². The van der Waals surface area contributed by atoms with E-state index >= 15 is 0 Å². The molecule has 3 aliphatic heterocycles. The molecule has 3 heterocycles. The number of rotatable bonds is 1. The summed E-state index contributed by atoms with van der Waals surface area (Å²) in [7, 11) is 1.70. The van der Waals surface area contributed by atoms with E-state index in [2.05, 4.69) is 0 Å². The first-order chi connectivity index (χ1) is 10.7. The number of benzene rings is 1. The minimum Gasteiger partial charge on any atom is -0.457 e. The maximum Gasteiger partial charge on any atom is 0.339 e. The molecular formula is C17H20O5. The highest BCUT2D eigenvalue weighted by molar-refractivity contribution is 5.96. The van der Waals surface area contributed by atoms with Crippen LogP contribution < -0.4 is 0 Å². The molecule has 118 valence electrons. The van der Waals surface area contributed by atoms with E-state index in [0.717, 1.165) is 35.1 Å². The molecule has 0 N–H and O–H groups in total. The Balaban J connectivity index is 1.94. The Morgan fingerprint density at radius 3 is 2.77 bits per heavy atom. The summed E-state index contributed by atoms with van der Waals surface area (Å²) in [6.07, 6.45) is 2.42. The number of esters is 1.